The molecule has 3 saturated carbocycles. The maximum atomic E-state index is 11.7. The zero-order valence-corrected chi connectivity index (χ0v) is 6.78. The summed E-state index contributed by atoms with van der Waals surface area (Å²) in [7, 11) is 1.43. The van der Waals surface area contributed by atoms with Crippen molar-refractivity contribution in [1.82, 2.24) is 0 Å². The molecule has 4 aliphatic rings. The molecule has 12 heavy (non-hydrogen) atoms. The van der Waals surface area contributed by atoms with Crippen LogP contribution in [0, 0.1) is 35.0 Å². The number of rotatable bonds is 1. The Bertz CT molecular complexity index is 353. The Balaban J connectivity index is 1.88. The molecule has 3 fully saturated rings. The van der Waals surface area contributed by atoms with E-state index in [2.05, 4.69) is 12.2 Å². The Morgan fingerprint density at radius 1 is 1.50 bits per heavy atom. The summed E-state index contributed by atoms with van der Waals surface area (Å²) in [4.78, 5) is 11.7. The fourth-order valence-electron chi connectivity index (χ4n) is 4.01. The van der Waals surface area contributed by atoms with Crippen molar-refractivity contribution in [1.29, 1.82) is 0 Å². The lowest BCUT2D eigenvalue weighted by Crippen LogP contribution is -2.54. The largest absolute Gasteiger partial charge is 0.469 e. The lowest BCUT2D eigenvalue weighted by atomic mass is 9.54. The van der Waals surface area contributed by atoms with Gasteiger partial charge in [0.15, 0.2) is 0 Å². The van der Waals surface area contributed by atoms with Crippen LogP contribution in [-0.4, -0.2) is 13.1 Å². The van der Waals surface area contributed by atoms with Gasteiger partial charge in [0.25, 0.3) is 0 Å². The zero-order chi connectivity index (χ0) is 9.01. The van der Waals surface area contributed by atoms with Crippen molar-refractivity contribution in [3.63, 3.8) is 0 Å². The van der Waals surface area contributed by atoms with Gasteiger partial charge in [-0.05, 0) is 29.6 Å². The van der Waals surface area contributed by atoms with E-state index in [4.69, 9.17) is 6.11 Å². The molecule has 2 heteroatoms. The lowest BCUT2D eigenvalue weighted by Gasteiger charge is -2.47. The van der Waals surface area contributed by atoms with Crippen LogP contribution in [0.5, 0.6) is 0 Å². The minimum Gasteiger partial charge on any atom is -0.469 e. The minimum atomic E-state index is -0.433. The van der Waals surface area contributed by atoms with Crippen LogP contribution < -0.4 is 0 Å². The first-order valence-corrected chi connectivity index (χ1v) is 4.47. The van der Waals surface area contributed by atoms with Crippen molar-refractivity contribution in [2.45, 2.75) is 0 Å². The molecule has 0 N–H and O–H groups in total. The van der Waals surface area contributed by atoms with E-state index < -0.39 is 11.3 Å². The van der Waals surface area contributed by atoms with Crippen LogP contribution in [0.2, 0.25) is 0 Å². The standard InChI is InChI=1S/C10H10O2/c1-12-9(11)10-4-2-3-5(10)7-6(4)8(7)10/h2-8H,1H3/i8D. The third-order valence-electron chi connectivity index (χ3n) is 4.35. The van der Waals surface area contributed by atoms with Crippen LogP contribution in [0.1, 0.15) is 1.37 Å². The van der Waals surface area contributed by atoms with E-state index in [1.807, 2.05) is 0 Å². The van der Waals surface area contributed by atoms with Crippen LogP contribution in [0.15, 0.2) is 12.2 Å². The minimum absolute atomic E-state index is 0.146. The number of ether oxygens (including phenoxy) is 1. The average molecular weight is 163 g/mol. The fourth-order valence-corrected chi connectivity index (χ4v) is 4.01. The van der Waals surface area contributed by atoms with E-state index in [0.29, 0.717) is 23.7 Å². The first-order valence-electron chi connectivity index (χ1n) is 4.97. The van der Waals surface area contributed by atoms with E-state index in [1.54, 1.807) is 0 Å². The number of carbonyl (C=O) groups excluding carboxylic acids is 1. The third kappa shape index (κ3) is 0.267. The molecular weight excluding hydrogens is 152 g/mol. The third-order valence-corrected chi connectivity index (χ3v) is 4.35. The van der Waals surface area contributed by atoms with Gasteiger partial charge in [0.1, 0.15) is 0 Å². The molecule has 4 aliphatic carbocycles. The highest BCUT2D eigenvalue weighted by molar-refractivity contribution is 5.86. The molecule has 0 amide bonds. The fraction of sp³-hybridized carbons (Fsp3) is 0.700. The van der Waals surface area contributed by atoms with Crippen molar-refractivity contribution < 1.29 is 10.9 Å². The second-order valence-corrected chi connectivity index (χ2v) is 4.30. The number of fused-ring (bicyclic) bond motifs is 3. The molecule has 4 atom stereocenters. The second-order valence-electron chi connectivity index (χ2n) is 4.30. The van der Waals surface area contributed by atoms with Crippen LogP contribution in [0.4, 0.5) is 0 Å². The molecule has 0 radical (unpaired) electrons. The van der Waals surface area contributed by atoms with Crippen molar-refractivity contribution in [2.24, 2.45) is 35.0 Å². The monoisotopic (exact) mass is 163 g/mol. The quantitative estimate of drug-likeness (QED) is 0.423. The van der Waals surface area contributed by atoms with Gasteiger partial charge in [0, 0.05) is 1.37 Å². The molecule has 0 heterocycles. The molecule has 0 aromatic carbocycles. The second kappa shape index (κ2) is 1.26. The van der Waals surface area contributed by atoms with Crippen LogP contribution in [-0.2, 0) is 9.53 Å². The van der Waals surface area contributed by atoms with E-state index >= 15 is 0 Å². The number of hydrogen-bond donors (Lipinski definition) is 0. The molecule has 0 aromatic rings. The maximum Gasteiger partial charge on any atom is 0.313 e. The number of hydrogen-bond acceptors (Lipinski definition) is 2. The van der Waals surface area contributed by atoms with Gasteiger partial charge in [0.05, 0.1) is 12.5 Å². The van der Waals surface area contributed by atoms with Gasteiger partial charge in [-0.2, -0.15) is 0 Å². The molecule has 4 rings (SSSR count). The topological polar surface area (TPSA) is 26.3 Å². The van der Waals surface area contributed by atoms with Gasteiger partial charge in [-0.3, -0.25) is 4.79 Å². The summed E-state index contributed by atoms with van der Waals surface area (Å²) in [6, 6.07) is 0. The van der Waals surface area contributed by atoms with Gasteiger partial charge < -0.3 is 4.74 Å². The highest BCUT2D eigenvalue weighted by atomic mass is 16.5. The summed E-state index contributed by atoms with van der Waals surface area (Å²) < 4.78 is 13.0. The average Bonchev–Trinajstić information content (AvgIpc) is 2.51. The molecule has 0 saturated heterocycles. The van der Waals surface area contributed by atoms with Crippen molar-refractivity contribution in [2.75, 3.05) is 7.11 Å². The molecular formula is C10H10O2. The molecule has 0 aromatic heterocycles. The Labute approximate surface area is 72.0 Å². The molecule has 0 aliphatic heterocycles. The number of methoxy groups -OCH3 is 1. The summed E-state index contributed by atoms with van der Waals surface area (Å²) in [5.41, 5.74) is -0.433. The summed E-state index contributed by atoms with van der Waals surface area (Å²) in [5.74, 6) is 1.09. The SMILES string of the molecule is [2H]C12C3C1C1C=CC3C12C(=O)OC. The van der Waals surface area contributed by atoms with Crippen LogP contribution in [0.25, 0.3) is 0 Å². The first-order chi connectivity index (χ1) is 6.20. The molecule has 0 spiro atoms. The highest BCUT2D eigenvalue weighted by Gasteiger charge is 2.94. The first kappa shape index (κ1) is 5.05. The number of carbonyl (C=O) groups is 1. The smallest absolute Gasteiger partial charge is 0.313 e. The Morgan fingerprint density at radius 2 is 2.08 bits per heavy atom. The van der Waals surface area contributed by atoms with E-state index in [1.165, 1.54) is 7.11 Å². The van der Waals surface area contributed by atoms with Crippen LogP contribution in [0.3, 0.4) is 0 Å². The van der Waals surface area contributed by atoms with Gasteiger partial charge >= 0.3 is 5.97 Å². The summed E-state index contributed by atoms with van der Waals surface area (Å²) in [6.45, 7) is 0. The predicted octanol–water partition coefficient (Wildman–Crippen LogP) is 0.837. The number of esters is 1. The Hall–Kier alpha value is -0.790. The molecule has 4 unspecified atom stereocenters. The summed E-state index contributed by atoms with van der Waals surface area (Å²) >= 11 is 0. The Morgan fingerprint density at radius 3 is 2.58 bits per heavy atom. The van der Waals surface area contributed by atoms with Gasteiger partial charge in [-0.25, -0.2) is 0 Å². The van der Waals surface area contributed by atoms with Gasteiger partial charge in [0.2, 0.25) is 0 Å². The predicted molar refractivity (Wildman–Crippen MR) is 41.0 cm³/mol. The summed E-state index contributed by atoms with van der Waals surface area (Å²) in [6.07, 6.45) is 4.26. The van der Waals surface area contributed by atoms with Crippen molar-refractivity contribution in [3.8, 4) is 0 Å². The van der Waals surface area contributed by atoms with Gasteiger partial charge in [-0.1, -0.05) is 12.2 Å². The van der Waals surface area contributed by atoms with E-state index in [9.17, 15) is 4.79 Å². The van der Waals surface area contributed by atoms with E-state index in [-0.39, 0.29) is 5.97 Å². The van der Waals surface area contributed by atoms with Crippen LogP contribution >= 0.6 is 0 Å². The normalized spacial score (nSPS) is 73.6. The van der Waals surface area contributed by atoms with Crippen molar-refractivity contribution in [3.05, 3.63) is 12.2 Å². The van der Waals surface area contributed by atoms with Crippen molar-refractivity contribution >= 4 is 5.97 Å². The maximum absolute atomic E-state index is 11.7. The zero-order valence-electron chi connectivity index (χ0n) is 7.78. The Kier molecular flexibility index (Phi) is 0.531. The highest BCUT2D eigenvalue weighted by Crippen LogP contribution is 2.92. The molecule has 0 bridgehead atoms. The molecule has 2 nitrogen and oxygen atoms in total. The number of allylic oxidation sites excluding steroid dienone is 2. The van der Waals surface area contributed by atoms with Gasteiger partial charge in [-0.15, -0.1) is 0 Å². The molecule has 62 valence electrons. The summed E-state index contributed by atoms with van der Waals surface area (Å²) in [5, 5.41) is 0. The van der Waals surface area contributed by atoms with E-state index in [0.717, 1.165) is 0 Å². The lowest BCUT2D eigenvalue weighted by molar-refractivity contribution is -0.172.